The van der Waals surface area contributed by atoms with E-state index in [0.717, 1.165) is 11.8 Å². The normalized spacial score (nSPS) is 17.5. The first-order valence-electron chi connectivity index (χ1n) is 8.40. The molecule has 0 aliphatic carbocycles. The number of hydrogen-bond donors (Lipinski definition) is 3. The van der Waals surface area contributed by atoms with Crippen LogP contribution in [-0.2, 0) is 9.59 Å². The summed E-state index contributed by atoms with van der Waals surface area (Å²) in [4.78, 5) is 36.7. The predicted molar refractivity (Wildman–Crippen MR) is 107 cm³/mol. The zero-order valence-corrected chi connectivity index (χ0v) is 15.8. The Balaban J connectivity index is 1.66. The quantitative estimate of drug-likeness (QED) is 0.667. The predicted octanol–water partition coefficient (Wildman–Crippen LogP) is 1.96. The molecule has 2 aromatic carbocycles. The molecule has 3 amide bonds. The molecule has 1 aliphatic heterocycles. The van der Waals surface area contributed by atoms with Crippen LogP contribution in [-0.4, -0.2) is 35.2 Å². The lowest BCUT2D eigenvalue weighted by atomic mass is 10.2. The largest absolute Gasteiger partial charge is 0.496 e. The third-order valence-corrected chi connectivity index (χ3v) is 4.90. The van der Waals surface area contributed by atoms with Gasteiger partial charge in [0.15, 0.2) is 5.17 Å². The second-order valence-corrected chi connectivity index (χ2v) is 6.96. The van der Waals surface area contributed by atoms with E-state index in [1.807, 2.05) is 6.07 Å². The van der Waals surface area contributed by atoms with Gasteiger partial charge in [0.05, 0.1) is 12.7 Å². The number of methoxy groups -OCH3 is 1. The zero-order valence-electron chi connectivity index (χ0n) is 15.0. The van der Waals surface area contributed by atoms with Crippen LogP contribution < -0.4 is 20.8 Å². The van der Waals surface area contributed by atoms with Gasteiger partial charge in [0.25, 0.3) is 5.91 Å². The molecule has 1 atom stereocenters. The van der Waals surface area contributed by atoms with Gasteiger partial charge in [0.2, 0.25) is 11.8 Å². The van der Waals surface area contributed by atoms with Crippen LogP contribution in [0, 0.1) is 0 Å². The van der Waals surface area contributed by atoms with Gasteiger partial charge in [-0.15, -0.1) is 5.10 Å². The Hall–Kier alpha value is -3.33. The molecule has 2 aromatic rings. The molecule has 0 unspecified atom stereocenters. The molecule has 144 valence electrons. The van der Waals surface area contributed by atoms with Crippen molar-refractivity contribution in [3.05, 3.63) is 60.2 Å². The highest BCUT2D eigenvalue weighted by Gasteiger charge is 2.30. The number of para-hydroxylation sites is 2. The van der Waals surface area contributed by atoms with Crippen molar-refractivity contribution in [3.63, 3.8) is 0 Å². The van der Waals surface area contributed by atoms with Crippen molar-refractivity contribution in [2.24, 2.45) is 5.10 Å². The molecular weight excluding hydrogens is 380 g/mol. The van der Waals surface area contributed by atoms with Crippen molar-refractivity contribution < 1.29 is 19.1 Å². The minimum atomic E-state index is -0.657. The van der Waals surface area contributed by atoms with Crippen LogP contribution >= 0.6 is 11.8 Å². The van der Waals surface area contributed by atoms with E-state index in [0.29, 0.717) is 17.0 Å². The Labute approximate surface area is 165 Å². The lowest BCUT2D eigenvalue weighted by molar-refractivity contribution is -0.123. The minimum Gasteiger partial charge on any atom is -0.496 e. The van der Waals surface area contributed by atoms with Gasteiger partial charge < -0.3 is 15.4 Å². The number of amidine groups is 1. The van der Waals surface area contributed by atoms with Crippen molar-refractivity contribution in [3.8, 4) is 5.75 Å². The number of ether oxygens (including phenoxy) is 1. The van der Waals surface area contributed by atoms with Gasteiger partial charge in [0.1, 0.15) is 11.0 Å². The zero-order chi connectivity index (χ0) is 19.9. The van der Waals surface area contributed by atoms with Gasteiger partial charge in [-0.3, -0.25) is 14.4 Å². The van der Waals surface area contributed by atoms with E-state index in [4.69, 9.17) is 4.74 Å². The number of carbonyl (C=O) groups excluding carboxylic acids is 3. The van der Waals surface area contributed by atoms with Crippen molar-refractivity contribution in [1.82, 2.24) is 10.7 Å². The molecule has 3 N–H and O–H groups in total. The Kier molecular flexibility index (Phi) is 6.28. The lowest BCUT2D eigenvalue weighted by Gasteiger charge is -2.22. The summed E-state index contributed by atoms with van der Waals surface area (Å²) in [5, 5.41) is 8.74. The Morgan fingerprint density at radius 3 is 2.61 bits per heavy atom. The minimum absolute atomic E-state index is 0.0167. The maximum absolute atomic E-state index is 12.4. The molecular formula is C19H18N4O4S. The van der Waals surface area contributed by atoms with Crippen LogP contribution in [0.15, 0.2) is 59.7 Å². The Morgan fingerprint density at radius 2 is 1.86 bits per heavy atom. The fourth-order valence-corrected chi connectivity index (χ4v) is 3.42. The molecule has 3 rings (SSSR count). The Morgan fingerprint density at radius 1 is 1.14 bits per heavy atom. The summed E-state index contributed by atoms with van der Waals surface area (Å²) < 4.78 is 5.14. The van der Waals surface area contributed by atoms with Crippen LogP contribution in [0.1, 0.15) is 16.8 Å². The van der Waals surface area contributed by atoms with Gasteiger partial charge in [0, 0.05) is 12.1 Å². The van der Waals surface area contributed by atoms with Gasteiger partial charge in [-0.1, -0.05) is 42.1 Å². The number of hydrogen-bond acceptors (Lipinski definition) is 6. The molecule has 0 radical (unpaired) electrons. The fourth-order valence-electron chi connectivity index (χ4n) is 2.48. The molecule has 0 spiro atoms. The highest BCUT2D eigenvalue weighted by Crippen LogP contribution is 2.22. The van der Waals surface area contributed by atoms with Crippen LogP contribution in [0.3, 0.4) is 0 Å². The molecule has 1 aliphatic rings. The monoisotopic (exact) mass is 398 g/mol. The standard InChI is InChI=1S/C19H18N4O4S/c1-27-14-10-6-5-9-13(14)17(25)22-23-19-21-16(24)11-15(28-19)18(26)20-12-7-3-2-4-8-12/h2-10,15H,11H2,1H3,(H,20,26)(H,22,25)(H,21,23,24)/t15-/m1/s1. The third-order valence-electron chi connectivity index (χ3n) is 3.82. The number of nitrogens with zero attached hydrogens (tertiary/aromatic N) is 1. The summed E-state index contributed by atoms with van der Waals surface area (Å²) in [5.41, 5.74) is 3.32. The second-order valence-electron chi connectivity index (χ2n) is 5.77. The number of rotatable bonds is 5. The second kappa shape index (κ2) is 9.05. The summed E-state index contributed by atoms with van der Waals surface area (Å²) in [6.07, 6.45) is 0.0167. The van der Waals surface area contributed by atoms with E-state index in [9.17, 15) is 14.4 Å². The van der Waals surface area contributed by atoms with Crippen LogP contribution in [0.25, 0.3) is 0 Å². The van der Waals surface area contributed by atoms with Gasteiger partial charge in [-0.05, 0) is 24.3 Å². The van der Waals surface area contributed by atoms with Crippen molar-refractivity contribution >= 4 is 40.3 Å². The van der Waals surface area contributed by atoms with E-state index in [1.165, 1.54) is 7.11 Å². The highest BCUT2D eigenvalue weighted by atomic mass is 32.2. The first-order valence-corrected chi connectivity index (χ1v) is 9.28. The molecule has 1 fully saturated rings. The molecule has 8 nitrogen and oxygen atoms in total. The molecule has 9 heteroatoms. The van der Waals surface area contributed by atoms with Crippen molar-refractivity contribution in [1.29, 1.82) is 0 Å². The van der Waals surface area contributed by atoms with E-state index in [1.54, 1.807) is 48.5 Å². The van der Waals surface area contributed by atoms with E-state index < -0.39 is 11.2 Å². The smallest absolute Gasteiger partial charge is 0.275 e. The van der Waals surface area contributed by atoms with E-state index >= 15 is 0 Å². The van der Waals surface area contributed by atoms with Crippen molar-refractivity contribution in [2.45, 2.75) is 11.7 Å². The molecule has 28 heavy (non-hydrogen) atoms. The molecule has 1 heterocycles. The molecule has 0 saturated carbocycles. The maximum Gasteiger partial charge on any atom is 0.275 e. The van der Waals surface area contributed by atoms with Crippen molar-refractivity contribution in [2.75, 3.05) is 12.4 Å². The van der Waals surface area contributed by atoms with E-state index in [2.05, 4.69) is 21.2 Å². The van der Waals surface area contributed by atoms with Crippen LogP contribution in [0.4, 0.5) is 5.69 Å². The summed E-state index contributed by atoms with van der Waals surface area (Å²) >= 11 is 1.07. The average molecular weight is 398 g/mol. The summed E-state index contributed by atoms with van der Waals surface area (Å²) in [5.74, 6) is -0.747. The summed E-state index contributed by atoms with van der Waals surface area (Å²) in [6, 6.07) is 15.7. The first-order chi connectivity index (χ1) is 13.6. The van der Waals surface area contributed by atoms with Crippen LogP contribution in [0.2, 0.25) is 0 Å². The topological polar surface area (TPSA) is 109 Å². The molecule has 1 saturated heterocycles. The third kappa shape index (κ3) is 4.89. The maximum atomic E-state index is 12.4. The highest BCUT2D eigenvalue weighted by molar-refractivity contribution is 8.15. The number of nitrogens with one attached hydrogen (secondary N) is 3. The fraction of sp³-hybridized carbons (Fsp3) is 0.158. The Bertz CT molecular complexity index is 917. The first kappa shape index (κ1) is 19.4. The lowest BCUT2D eigenvalue weighted by Crippen LogP contribution is -2.42. The molecule has 0 aromatic heterocycles. The molecule has 0 bridgehead atoms. The van der Waals surface area contributed by atoms with Gasteiger partial charge in [-0.25, -0.2) is 5.43 Å². The number of benzene rings is 2. The summed E-state index contributed by atoms with van der Waals surface area (Å²) in [6.45, 7) is 0. The van der Waals surface area contributed by atoms with E-state index in [-0.39, 0.29) is 23.4 Å². The SMILES string of the molecule is COc1ccccc1C(=O)N/N=C1\NC(=O)C[C@H](C(=O)Nc2ccccc2)S1. The number of thioether (sulfide) groups is 1. The number of amides is 3. The van der Waals surface area contributed by atoms with Crippen LogP contribution in [0.5, 0.6) is 5.75 Å². The number of hydrazone groups is 1. The van der Waals surface area contributed by atoms with Gasteiger partial charge in [-0.2, -0.15) is 0 Å². The number of anilines is 1. The summed E-state index contributed by atoms with van der Waals surface area (Å²) in [7, 11) is 1.46. The number of carbonyl (C=O) groups is 3. The average Bonchev–Trinajstić information content (AvgIpc) is 2.72. The van der Waals surface area contributed by atoms with Gasteiger partial charge >= 0.3 is 0 Å².